The maximum absolute atomic E-state index is 12.6. The summed E-state index contributed by atoms with van der Waals surface area (Å²) < 4.78 is 0.720. The Kier molecular flexibility index (Phi) is 3.69. The van der Waals surface area contributed by atoms with E-state index in [0.717, 1.165) is 4.47 Å². The number of benzene rings is 2. The van der Waals surface area contributed by atoms with Crippen molar-refractivity contribution in [2.24, 2.45) is 0 Å². The molecule has 2 aromatic carbocycles. The van der Waals surface area contributed by atoms with Crippen LogP contribution in [0.15, 0.2) is 46.9 Å². The lowest BCUT2D eigenvalue weighted by atomic mass is 10.1. The summed E-state index contributed by atoms with van der Waals surface area (Å²) in [6.45, 7) is -0.0104. The molecule has 0 atom stereocenters. The molecule has 2 aromatic rings. The molecule has 0 aliphatic carbocycles. The van der Waals surface area contributed by atoms with E-state index in [1.807, 2.05) is 12.1 Å². The third-order valence-electron chi connectivity index (χ3n) is 3.18. The molecular formula is C15H10BrClN2O2. The molecule has 0 bridgehead atoms. The van der Waals surface area contributed by atoms with Gasteiger partial charge in [0.15, 0.2) is 0 Å². The van der Waals surface area contributed by atoms with Crippen molar-refractivity contribution in [2.75, 3.05) is 16.8 Å². The van der Waals surface area contributed by atoms with Gasteiger partial charge in [0, 0.05) is 10.0 Å². The zero-order chi connectivity index (χ0) is 15.0. The predicted octanol–water partition coefficient (Wildman–Crippen LogP) is 3.70. The standard InChI is InChI=1S/C15H10BrClN2O2/c16-10-6-5-9(7-11(10)17)15(21)19-8-14(20)18-12-3-1-2-4-13(12)19/h1-7H,8H2,(H,18,20). The molecule has 21 heavy (non-hydrogen) atoms. The average Bonchev–Trinajstić information content (AvgIpc) is 2.48. The third-order valence-corrected chi connectivity index (χ3v) is 4.41. The third kappa shape index (κ3) is 2.66. The first-order valence-corrected chi connectivity index (χ1v) is 7.39. The molecule has 106 valence electrons. The normalized spacial score (nSPS) is 13.6. The fourth-order valence-corrected chi connectivity index (χ4v) is 2.63. The van der Waals surface area contributed by atoms with Crippen LogP contribution in [0, 0.1) is 0 Å². The highest BCUT2D eigenvalue weighted by molar-refractivity contribution is 9.10. The summed E-state index contributed by atoms with van der Waals surface area (Å²) in [5.74, 6) is -0.475. The van der Waals surface area contributed by atoms with Crippen LogP contribution >= 0.6 is 27.5 Å². The fourth-order valence-electron chi connectivity index (χ4n) is 2.20. The minimum Gasteiger partial charge on any atom is -0.323 e. The van der Waals surface area contributed by atoms with Gasteiger partial charge in [-0.3, -0.25) is 14.5 Å². The Hall–Kier alpha value is -1.85. The van der Waals surface area contributed by atoms with Crippen LogP contribution in [0.4, 0.5) is 11.4 Å². The molecule has 0 radical (unpaired) electrons. The van der Waals surface area contributed by atoms with Gasteiger partial charge in [-0.1, -0.05) is 23.7 Å². The summed E-state index contributed by atoms with van der Waals surface area (Å²) in [5.41, 5.74) is 1.75. The summed E-state index contributed by atoms with van der Waals surface area (Å²) in [5, 5.41) is 3.20. The van der Waals surface area contributed by atoms with Gasteiger partial charge in [-0.05, 0) is 46.3 Å². The largest absolute Gasteiger partial charge is 0.323 e. The van der Waals surface area contributed by atoms with Crippen molar-refractivity contribution in [3.05, 3.63) is 57.5 Å². The van der Waals surface area contributed by atoms with Gasteiger partial charge in [-0.2, -0.15) is 0 Å². The summed E-state index contributed by atoms with van der Waals surface area (Å²) in [4.78, 5) is 25.9. The molecule has 6 heteroatoms. The first kappa shape index (κ1) is 14.1. The Morgan fingerprint density at radius 3 is 2.76 bits per heavy atom. The summed E-state index contributed by atoms with van der Waals surface area (Å²) in [7, 11) is 0. The molecule has 1 heterocycles. The molecular weight excluding hydrogens is 356 g/mol. The maximum atomic E-state index is 12.6. The molecule has 0 unspecified atom stereocenters. The van der Waals surface area contributed by atoms with E-state index in [-0.39, 0.29) is 18.4 Å². The second kappa shape index (κ2) is 5.50. The van der Waals surface area contributed by atoms with Crippen molar-refractivity contribution in [3.63, 3.8) is 0 Å². The Morgan fingerprint density at radius 1 is 1.24 bits per heavy atom. The summed E-state index contributed by atoms with van der Waals surface area (Å²) in [6, 6.07) is 12.2. The van der Waals surface area contributed by atoms with E-state index < -0.39 is 0 Å². The van der Waals surface area contributed by atoms with Gasteiger partial charge in [-0.15, -0.1) is 0 Å². The number of rotatable bonds is 1. The highest BCUT2D eigenvalue weighted by Gasteiger charge is 2.27. The van der Waals surface area contributed by atoms with E-state index in [2.05, 4.69) is 21.2 Å². The van der Waals surface area contributed by atoms with Crippen LogP contribution in [-0.4, -0.2) is 18.4 Å². The highest BCUT2D eigenvalue weighted by atomic mass is 79.9. The molecule has 1 aliphatic heterocycles. The number of nitrogens with one attached hydrogen (secondary N) is 1. The second-order valence-corrected chi connectivity index (χ2v) is 5.85. The van der Waals surface area contributed by atoms with Gasteiger partial charge in [0.05, 0.1) is 16.4 Å². The van der Waals surface area contributed by atoms with Crippen LogP contribution in [0.2, 0.25) is 5.02 Å². The van der Waals surface area contributed by atoms with Crippen molar-refractivity contribution < 1.29 is 9.59 Å². The number of hydrogen-bond donors (Lipinski definition) is 1. The van der Waals surface area contributed by atoms with Crippen molar-refractivity contribution in [3.8, 4) is 0 Å². The maximum Gasteiger partial charge on any atom is 0.258 e. The molecule has 1 aliphatic rings. The number of halogens is 2. The quantitative estimate of drug-likeness (QED) is 0.837. The number of carbonyl (C=O) groups excluding carboxylic acids is 2. The second-order valence-electron chi connectivity index (χ2n) is 4.59. The van der Waals surface area contributed by atoms with Gasteiger partial charge < -0.3 is 5.32 Å². The molecule has 0 fully saturated rings. The number of carbonyl (C=O) groups is 2. The number of anilines is 2. The van der Waals surface area contributed by atoms with Gasteiger partial charge in [0.1, 0.15) is 6.54 Å². The van der Waals surface area contributed by atoms with Gasteiger partial charge in [0.2, 0.25) is 5.91 Å². The van der Waals surface area contributed by atoms with E-state index >= 15 is 0 Å². The Morgan fingerprint density at radius 2 is 2.00 bits per heavy atom. The number of fused-ring (bicyclic) bond motifs is 1. The molecule has 0 saturated carbocycles. The van der Waals surface area contributed by atoms with E-state index in [0.29, 0.717) is 22.0 Å². The molecule has 0 saturated heterocycles. The number of hydrogen-bond acceptors (Lipinski definition) is 2. The summed E-state index contributed by atoms with van der Waals surface area (Å²) in [6.07, 6.45) is 0. The van der Waals surface area contributed by atoms with Crippen LogP contribution in [0.25, 0.3) is 0 Å². The topological polar surface area (TPSA) is 49.4 Å². The lowest BCUT2D eigenvalue weighted by Gasteiger charge is -2.29. The average molecular weight is 366 g/mol. The number of nitrogens with zero attached hydrogens (tertiary/aromatic N) is 1. The molecule has 4 nitrogen and oxygen atoms in total. The molecule has 0 aromatic heterocycles. The zero-order valence-electron chi connectivity index (χ0n) is 10.8. The number of amides is 2. The summed E-state index contributed by atoms with van der Waals surface area (Å²) >= 11 is 9.32. The Labute approximate surface area is 134 Å². The zero-order valence-corrected chi connectivity index (χ0v) is 13.1. The Balaban J connectivity index is 2.01. The lowest BCUT2D eigenvalue weighted by Crippen LogP contribution is -2.42. The van der Waals surface area contributed by atoms with Gasteiger partial charge in [0.25, 0.3) is 5.91 Å². The first-order valence-electron chi connectivity index (χ1n) is 6.22. The van der Waals surface area contributed by atoms with Crippen molar-refractivity contribution in [1.82, 2.24) is 0 Å². The van der Waals surface area contributed by atoms with Crippen molar-refractivity contribution in [2.45, 2.75) is 0 Å². The van der Waals surface area contributed by atoms with E-state index in [1.54, 1.807) is 30.3 Å². The van der Waals surface area contributed by atoms with Crippen LogP contribution in [0.3, 0.4) is 0 Å². The fraction of sp³-hybridized carbons (Fsp3) is 0.0667. The smallest absolute Gasteiger partial charge is 0.258 e. The monoisotopic (exact) mass is 364 g/mol. The predicted molar refractivity (Wildman–Crippen MR) is 85.9 cm³/mol. The Bertz CT molecular complexity index is 748. The van der Waals surface area contributed by atoms with Crippen molar-refractivity contribution >= 4 is 50.7 Å². The molecule has 0 spiro atoms. The van der Waals surface area contributed by atoms with E-state index in [1.165, 1.54) is 4.90 Å². The first-order chi connectivity index (χ1) is 10.1. The van der Waals surface area contributed by atoms with Gasteiger partial charge in [-0.25, -0.2) is 0 Å². The SMILES string of the molecule is O=C1CN(C(=O)c2ccc(Br)c(Cl)c2)c2ccccc2N1. The van der Waals surface area contributed by atoms with Crippen LogP contribution in [0.1, 0.15) is 10.4 Å². The van der Waals surface area contributed by atoms with E-state index in [4.69, 9.17) is 11.6 Å². The van der Waals surface area contributed by atoms with Crippen LogP contribution in [-0.2, 0) is 4.79 Å². The molecule has 3 rings (SSSR count). The highest BCUT2D eigenvalue weighted by Crippen LogP contribution is 2.31. The minimum atomic E-state index is -0.258. The van der Waals surface area contributed by atoms with Crippen LogP contribution in [0.5, 0.6) is 0 Å². The van der Waals surface area contributed by atoms with E-state index in [9.17, 15) is 9.59 Å². The van der Waals surface area contributed by atoms with Crippen molar-refractivity contribution in [1.29, 1.82) is 0 Å². The van der Waals surface area contributed by atoms with Crippen LogP contribution < -0.4 is 10.2 Å². The number of para-hydroxylation sites is 2. The lowest BCUT2D eigenvalue weighted by molar-refractivity contribution is -0.115. The van der Waals surface area contributed by atoms with Gasteiger partial charge >= 0.3 is 0 Å². The molecule has 2 amide bonds. The molecule has 1 N–H and O–H groups in total. The minimum absolute atomic E-state index is 0.0104.